The number of nitrogens with one attached hydrogen (secondary N) is 1. The normalized spacial score (nSPS) is 12.0. The highest BCUT2D eigenvalue weighted by atomic mass is 16.5. The largest absolute Gasteiger partial charge is 0.467 e. The lowest BCUT2D eigenvalue weighted by atomic mass is 9.93. The smallest absolute Gasteiger partial charge is 0.129 e. The minimum atomic E-state index is 0.334. The van der Waals surface area contributed by atoms with Crippen LogP contribution in [0.3, 0.4) is 0 Å². The van der Waals surface area contributed by atoms with E-state index in [-0.39, 0.29) is 0 Å². The van der Waals surface area contributed by atoms with Crippen molar-refractivity contribution in [2.45, 2.75) is 40.3 Å². The Morgan fingerprint density at radius 3 is 2.75 bits per heavy atom. The third kappa shape index (κ3) is 5.33. The third-order valence-corrected chi connectivity index (χ3v) is 2.33. The van der Waals surface area contributed by atoms with Crippen molar-refractivity contribution in [3.8, 4) is 0 Å². The van der Waals surface area contributed by atoms with Gasteiger partial charge in [-0.3, -0.25) is 0 Å². The highest BCUT2D eigenvalue weighted by Crippen LogP contribution is 2.18. The minimum Gasteiger partial charge on any atom is -0.467 e. The maximum Gasteiger partial charge on any atom is 0.129 e. The van der Waals surface area contributed by atoms with Crippen molar-refractivity contribution < 1.29 is 9.15 Å². The number of rotatable bonds is 6. The van der Waals surface area contributed by atoms with E-state index < -0.39 is 0 Å². The molecule has 0 saturated heterocycles. The molecular weight excluding hydrogens is 202 g/mol. The molecule has 0 aliphatic heterocycles. The van der Waals surface area contributed by atoms with Crippen LogP contribution in [0.4, 0.5) is 0 Å². The molecule has 3 nitrogen and oxygen atoms in total. The van der Waals surface area contributed by atoms with Crippen molar-refractivity contribution in [3.63, 3.8) is 0 Å². The van der Waals surface area contributed by atoms with E-state index >= 15 is 0 Å². The molecule has 16 heavy (non-hydrogen) atoms. The second-order valence-electron chi connectivity index (χ2n) is 5.31. The summed E-state index contributed by atoms with van der Waals surface area (Å²) in [5.41, 5.74) is 1.50. The predicted octanol–water partition coefficient (Wildman–Crippen LogP) is 2.95. The van der Waals surface area contributed by atoms with Gasteiger partial charge in [-0.2, -0.15) is 0 Å². The first-order valence-electron chi connectivity index (χ1n) is 5.80. The topological polar surface area (TPSA) is 34.4 Å². The zero-order valence-corrected chi connectivity index (χ0v) is 10.8. The van der Waals surface area contributed by atoms with E-state index in [0.29, 0.717) is 12.0 Å². The second-order valence-corrected chi connectivity index (χ2v) is 5.31. The Bertz CT molecular complexity index is 299. The fourth-order valence-corrected chi connectivity index (χ4v) is 1.35. The van der Waals surface area contributed by atoms with Crippen molar-refractivity contribution in [3.05, 3.63) is 23.7 Å². The lowest BCUT2D eigenvalue weighted by molar-refractivity contribution is 0.0844. The molecule has 1 rings (SSSR count). The summed E-state index contributed by atoms with van der Waals surface area (Å²) in [5, 5.41) is 3.08. The Morgan fingerprint density at radius 1 is 1.38 bits per heavy atom. The molecule has 0 saturated carbocycles. The lowest BCUT2D eigenvalue weighted by Gasteiger charge is -2.17. The standard InChI is InChI=1S/C13H23NO2/c1-13(2,3)5-6-15-10-12-7-11(8-14-4)9-16-12/h7,9,14H,5-6,8,10H2,1-4H3. The minimum absolute atomic E-state index is 0.334. The number of ether oxygens (including phenoxy) is 1. The van der Waals surface area contributed by atoms with Gasteiger partial charge in [0.2, 0.25) is 0 Å². The summed E-state index contributed by atoms with van der Waals surface area (Å²) >= 11 is 0. The molecule has 0 atom stereocenters. The van der Waals surface area contributed by atoms with Crippen LogP contribution in [0.15, 0.2) is 16.7 Å². The fourth-order valence-electron chi connectivity index (χ4n) is 1.35. The summed E-state index contributed by atoms with van der Waals surface area (Å²) in [6.07, 6.45) is 2.84. The molecule has 1 aromatic heterocycles. The number of furan rings is 1. The monoisotopic (exact) mass is 225 g/mol. The van der Waals surface area contributed by atoms with E-state index in [2.05, 4.69) is 26.1 Å². The molecular formula is C13H23NO2. The Morgan fingerprint density at radius 2 is 2.12 bits per heavy atom. The van der Waals surface area contributed by atoms with Crippen LogP contribution < -0.4 is 5.32 Å². The quantitative estimate of drug-likeness (QED) is 0.756. The molecule has 1 N–H and O–H groups in total. The van der Waals surface area contributed by atoms with Crippen LogP contribution in [0.25, 0.3) is 0 Å². The second kappa shape index (κ2) is 6.06. The van der Waals surface area contributed by atoms with Gasteiger partial charge in [0.15, 0.2) is 0 Å². The van der Waals surface area contributed by atoms with Gasteiger partial charge < -0.3 is 14.5 Å². The summed E-state index contributed by atoms with van der Waals surface area (Å²) in [6.45, 7) is 8.84. The van der Waals surface area contributed by atoms with Crippen LogP contribution in [0.2, 0.25) is 0 Å². The summed E-state index contributed by atoms with van der Waals surface area (Å²) < 4.78 is 11.0. The van der Waals surface area contributed by atoms with E-state index in [1.165, 1.54) is 0 Å². The first-order chi connectivity index (χ1) is 7.51. The van der Waals surface area contributed by atoms with E-state index in [0.717, 1.165) is 30.9 Å². The van der Waals surface area contributed by atoms with Crippen LogP contribution in [0.1, 0.15) is 38.5 Å². The summed E-state index contributed by atoms with van der Waals surface area (Å²) in [6, 6.07) is 2.04. The van der Waals surface area contributed by atoms with Crippen molar-refractivity contribution in [2.24, 2.45) is 5.41 Å². The molecule has 0 spiro atoms. The van der Waals surface area contributed by atoms with Gasteiger partial charge in [-0.1, -0.05) is 20.8 Å². The molecule has 92 valence electrons. The van der Waals surface area contributed by atoms with Gasteiger partial charge in [0.1, 0.15) is 12.4 Å². The fraction of sp³-hybridized carbons (Fsp3) is 0.692. The molecule has 0 radical (unpaired) electrons. The summed E-state index contributed by atoms with van der Waals surface area (Å²) in [7, 11) is 1.92. The first-order valence-corrected chi connectivity index (χ1v) is 5.80. The Balaban J connectivity index is 2.21. The number of hydrogen-bond acceptors (Lipinski definition) is 3. The first kappa shape index (κ1) is 13.3. The SMILES string of the molecule is CNCc1coc(COCCC(C)(C)C)c1. The van der Waals surface area contributed by atoms with Crippen LogP contribution in [0.5, 0.6) is 0 Å². The van der Waals surface area contributed by atoms with Gasteiger partial charge in [0, 0.05) is 18.7 Å². The predicted molar refractivity (Wildman–Crippen MR) is 65.2 cm³/mol. The lowest BCUT2D eigenvalue weighted by Crippen LogP contribution is -2.09. The molecule has 0 amide bonds. The Hall–Kier alpha value is -0.800. The molecule has 0 bridgehead atoms. The van der Waals surface area contributed by atoms with Crippen LogP contribution in [-0.4, -0.2) is 13.7 Å². The highest BCUT2D eigenvalue weighted by Gasteiger charge is 2.09. The zero-order valence-electron chi connectivity index (χ0n) is 10.8. The van der Waals surface area contributed by atoms with Crippen molar-refractivity contribution in [1.82, 2.24) is 5.32 Å². The van der Waals surface area contributed by atoms with E-state index in [1.54, 1.807) is 6.26 Å². The van der Waals surface area contributed by atoms with Gasteiger partial charge in [0.25, 0.3) is 0 Å². The molecule has 3 heteroatoms. The zero-order chi connectivity index (χ0) is 12.0. The van der Waals surface area contributed by atoms with Gasteiger partial charge in [-0.25, -0.2) is 0 Å². The van der Waals surface area contributed by atoms with Crippen molar-refractivity contribution in [1.29, 1.82) is 0 Å². The van der Waals surface area contributed by atoms with Gasteiger partial charge >= 0.3 is 0 Å². The average molecular weight is 225 g/mol. The van der Waals surface area contributed by atoms with E-state index in [4.69, 9.17) is 9.15 Å². The van der Waals surface area contributed by atoms with Crippen molar-refractivity contribution >= 4 is 0 Å². The van der Waals surface area contributed by atoms with Crippen LogP contribution in [0, 0.1) is 5.41 Å². The molecule has 0 fully saturated rings. The third-order valence-electron chi connectivity index (χ3n) is 2.33. The Labute approximate surface area is 98.2 Å². The molecule has 0 unspecified atom stereocenters. The van der Waals surface area contributed by atoms with Crippen molar-refractivity contribution in [2.75, 3.05) is 13.7 Å². The van der Waals surface area contributed by atoms with E-state index in [9.17, 15) is 0 Å². The molecule has 1 aromatic rings. The van der Waals surface area contributed by atoms with E-state index in [1.807, 2.05) is 13.1 Å². The van der Waals surface area contributed by atoms with Gasteiger partial charge in [-0.05, 0) is 24.9 Å². The average Bonchev–Trinajstić information content (AvgIpc) is 2.60. The van der Waals surface area contributed by atoms with Gasteiger partial charge in [-0.15, -0.1) is 0 Å². The van der Waals surface area contributed by atoms with Gasteiger partial charge in [0.05, 0.1) is 6.26 Å². The maximum atomic E-state index is 5.57. The maximum absolute atomic E-state index is 5.57. The van der Waals surface area contributed by atoms with Crippen LogP contribution in [-0.2, 0) is 17.9 Å². The molecule has 1 heterocycles. The molecule has 0 aliphatic rings. The Kier molecular flexibility index (Phi) is 5.03. The summed E-state index contributed by atoms with van der Waals surface area (Å²) in [5.74, 6) is 0.902. The molecule has 0 aromatic carbocycles. The highest BCUT2D eigenvalue weighted by molar-refractivity contribution is 5.11. The van der Waals surface area contributed by atoms with Crippen LogP contribution >= 0.6 is 0 Å². The summed E-state index contributed by atoms with van der Waals surface area (Å²) in [4.78, 5) is 0. The molecule has 0 aliphatic carbocycles. The number of hydrogen-bond donors (Lipinski definition) is 1.